The second kappa shape index (κ2) is 7.58. The zero-order chi connectivity index (χ0) is 23.7. The van der Waals surface area contributed by atoms with Gasteiger partial charge in [0.1, 0.15) is 5.54 Å². The number of methoxy groups -OCH3 is 2. The molecule has 0 saturated carbocycles. The smallest absolute Gasteiger partial charge is 0.252 e. The first-order chi connectivity index (χ1) is 15.7. The third-order valence-corrected chi connectivity index (χ3v) is 7.57. The summed E-state index contributed by atoms with van der Waals surface area (Å²) in [7, 11) is 4.67. The van der Waals surface area contributed by atoms with Crippen molar-refractivity contribution in [2.75, 3.05) is 32.7 Å². The summed E-state index contributed by atoms with van der Waals surface area (Å²) in [5.74, 6) is -0.202. The molecule has 2 saturated heterocycles. The highest BCUT2D eigenvalue weighted by atomic mass is 35.5. The molecule has 5 rings (SSSR count). The van der Waals surface area contributed by atoms with Crippen molar-refractivity contribution in [1.29, 1.82) is 0 Å². The zero-order valence-electron chi connectivity index (χ0n) is 18.4. The van der Waals surface area contributed by atoms with E-state index in [9.17, 15) is 20.0 Å². The van der Waals surface area contributed by atoms with Crippen molar-refractivity contribution in [2.45, 2.75) is 36.1 Å². The largest absolute Gasteiger partial charge is 0.493 e. The molecule has 5 atom stereocenters. The number of amides is 1. The van der Waals surface area contributed by atoms with E-state index >= 15 is 0 Å². The second-order valence-electron chi connectivity index (χ2n) is 8.77. The van der Waals surface area contributed by atoms with Crippen LogP contribution in [0.5, 0.6) is 11.5 Å². The van der Waals surface area contributed by atoms with Crippen LogP contribution in [0.3, 0.4) is 0 Å². The average molecular weight is 474 g/mol. The van der Waals surface area contributed by atoms with Crippen molar-refractivity contribution in [3.05, 3.63) is 62.7 Å². The molecule has 1 amide bonds. The van der Waals surface area contributed by atoms with Crippen LogP contribution in [-0.4, -0.2) is 66.8 Å². The molecule has 3 aliphatic rings. The van der Waals surface area contributed by atoms with E-state index in [1.807, 2.05) is 4.90 Å². The van der Waals surface area contributed by atoms with Gasteiger partial charge < -0.3 is 19.5 Å². The zero-order valence-corrected chi connectivity index (χ0v) is 19.2. The monoisotopic (exact) mass is 473 g/mol. The van der Waals surface area contributed by atoms with E-state index in [0.717, 1.165) is 0 Å². The van der Waals surface area contributed by atoms with Crippen LogP contribution in [0.2, 0.25) is 5.02 Å². The Balaban J connectivity index is 1.82. The van der Waals surface area contributed by atoms with Gasteiger partial charge in [-0.25, -0.2) is 0 Å². The predicted octanol–water partition coefficient (Wildman–Crippen LogP) is 2.41. The molecule has 2 aromatic rings. The van der Waals surface area contributed by atoms with Crippen molar-refractivity contribution in [2.24, 2.45) is 0 Å². The van der Waals surface area contributed by atoms with Gasteiger partial charge in [-0.15, -0.1) is 0 Å². The van der Waals surface area contributed by atoms with Crippen LogP contribution in [0.25, 0.3) is 0 Å². The van der Waals surface area contributed by atoms with Crippen LogP contribution in [0.15, 0.2) is 36.4 Å². The molecule has 1 spiro atoms. The molecule has 3 aliphatic heterocycles. The maximum atomic E-state index is 14.1. The molecule has 9 nitrogen and oxygen atoms in total. The van der Waals surface area contributed by atoms with E-state index in [0.29, 0.717) is 33.3 Å². The number of carbonyl (C=O) groups excluding carboxylic acids is 1. The van der Waals surface area contributed by atoms with Gasteiger partial charge in [0.25, 0.3) is 5.91 Å². The van der Waals surface area contributed by atoms with E-state index < -0.39 is 29.6 Å². The van der Waals surface area contributed by atoms with Gasteiger partial charge in [0.15, 0.2) is 11.5 Å². The highest BCUT2D eigenvalue weighted by Crippen LogP contribution is 2.61. The molecule has 3 heterocycles. The SMILES string of the molecule is COc1ccc([C@H]2[C@H]([N+](=O)[O-])[C@@H]3C[C@@H](O)CN3[C@]23C(=O)N(C)c2ccc(Cl)cc23)cc1OC. The van der Waals surface area contributed by atoms with Crippen LogP contribution in [0.4, 0.5) is 5.69 Å². The Kier molecular flexibility index (Phi) is 5.04. The van der Waals surface area contributed by atoms with Crippen LogP contribution >= 0.6 is 11.6 Å². The number of nitrogens with zero attached hydrogens (tertiary/aromatic N) is 3. The number of aliphatic hydroxyl groups is 1. The number of hydrogen-bond donors (Lipinski definition) is 1. The minimum atomic E-state index is -1.38. The topological polar surface area (TPSA) is 105 Å². The number of likely N-dealkylation sites (N-methyl/N-ethyl adjacent to an activating group) is 1. The van der Waals surface area contributed by atoms with E-state index in [1.165, 1.54) is 19.1 Å². The molecule has 2 fully saturated rings. The lowest BCUT2D eigenvalue weighted by molar-refractivity contribution is -0.527. The van der Waals surface area contributed by atoms with Crippen LogP contribution in [0.1, 0.15) is 23.5 Å². The Hall–Kier alpha value is -2.88. The number of fused-ring (bicyclic) bond motifs is 4. The Morgan fingerprint density at radius 1 is 1.18 bits per heavy atom. The minimum Gasteiger partial charge on any atom is -0.493 e. The van der Waals surface area contributed by atoms with Gasteiger partial charge in [0.05, 0.1) is 32.3 Å². The van der Waals surface area contributed by atoms with Crippen molar-refractivity contribution >= 4 is 23.2 Å². The number of carbonyl (C=O) groups is 1. The molecule has 0 unspecified atom stereocenters. The van der Waals surface area contributed by atoms with Crippen molar-refractivity contribution < 1.29 is 24.3 Å². The lowest BCUT2D eigenvalue weighted by Gasteiger charge is -2.37. The number of halogens is 1. The van der Waals surface area contributed by atoms with Gasteiger partial charge in [0, 0.05) is 34.8 Å². The van der Waals surface area contributed by atoms with Gasteiger partial charge in [-0.3, -0.25) is 19.8 Å². The van der Waals surface area contributed by atoms with Gasteiger partial charge in [-0.2, -0.15) is 0 Å². The Labute approximate surface area is 195 Å². The van der Waals surface area contributed by atoms with E-state index in [4.69, 9.17) is 21.1 Å². The molecule has 10 heteroatoms. The Bertz CT molecular complexity index is 1160. The molecular formula is C23H24ClN3O6. The lowest BCUT2D eigenvalue weighted by atomic mass is 9.73. The second-order valence-corrected chi connectivity index (χ2v) is 9.21. The van der Waals surface area contributed by atoms with Crippen LogP contribution in [0, 0.1) is 10.1 Å². The fraction of sp³-hybridized carbons (Fsp3) is 0.435. The molecule has 1 N–H and O–H groups in total. The fourth-order valence-electron chi connectivity index (χ4n) is 6.13. The maximum Gasteiger partial charge on any atom is 0.252 e. The number of aliphatic hydroxyl groups excluding tert-OH is 1. The van der Waals surface area contributed by atoms with Crippen molar-refractivity contribution in [1.82, 2.24) is 4.90 Å². The summed E-state index contributed by atoms with van der Waals surface area (Å²) in [6.07, 6.45) is -0.550. The molecule has 2 aromatic carbocycles. The summed E-state index contributed by atoms with van der Waals surface area (Å²) >= 11 is 6.36. The summed E-state index contributed by atoms with van der Waals surface area (Å²) in [5.41, 5.74) is 0.478. The Morgan fingerprint density at radius 3 is 2.58 bits per heavy atom. The van der Waals surface area contributed by atoms with Crippen LogP contribution in [-0.2, 0) is 10.3 Å². The first-order valence-corrected chi connectivity index (χ1v) is 11.0. The van der Waals surface area contributed by atoms with E-state index in [1.54, 1.807) is 43.4 Å². The highest BCUT2D eigenvalue weighted by molar-refractivity contribution is 6.31. The van der Waals surface area contributed by atoms with Gasteiger partial charge >= 0.3 is 0 Å². The van der Waals surface area contributed by atoms with E-state index in [2.05, 4.69) is 0 Å². The molecule has 0 aliphatic carbocycles. The quantitative estimate of drug-likeness (QED) is 0.537. The summed E-state index contributed by atoms with van der Waals surface area (Å²) in [4.78, 5) is 29.6. The Morgan fingerprint density at radius 2 is 1.91 bits per heavy atom. The summed E-state index contributed by atoms with van der Waals surface area (Å²) in [5, 5.41) is 23.4. The first-order valence-electron chi connectivity index (χ1n) is 10.6. The third-order valence-electron chi connectivity index (χ3n) is 7.33. The minimum absolute atomic E-state index is 0.157. The average Bonchev–Trinajstić information content (AvgIpc) is 3.37. The normalized spacial score (nSPS) is 30.6. The standard InChI is InChI=1S/C23H24ClN3O6/c1-25-16-6-5-13(24)9-15(16)23(22(25)29)20(12-4-7-18(32-2)19(8-12)33-3)21(27(30)31)17-10-14(28)11-26(17)23/h4-9,14,17,20-21,28H,10-11H2,1-3H3/t14-,17+,20+,21-,23+/m1/s1. The summed E-state index contributed by atoms with van der Waals surface area (Å²) < 4.78 is 10.8. The number of rotatable bonds is 4. The summed E-state index contributed by atoms with van der Waals surface area (Å²) in [6.45, 7) is 0.157. The molecule has 0 bridgehead atoms. The molecule has 174 valence electrons. The summed E-state index contributed by atoms with van der Waals surface area (Å²) in [6, 6.07) is 8.59. The van der Waals surface area contributed by atoms with Crippen LogP contribution < -0.4 is 14.4 Å². The third kappa shape index (κ3) is 2.82. The molecule has 33 heavy (non-hydrogen) atoms. The first kappa shape index (κ1) is 21.9. The number of ether oxygens (including phenoxy) is 2. The maximum absolute atomic E-state index is 14.1. The number of anilines is 1. The molecule has 0 aromatic heterocycles. The van der Waals surface area contributed by atoms with E-state index in [-0.39, 0.29) is 23.8 Å². The predicted molar refractivity (Wildman–Crippen MR) is 121 cm³/mol. The van der Waals surface area contributed by atoms with Crippen molar-refractivity contribution in [3.63, 3.8) is 0 Å². The van der Waals surface area contributed by atoms with Gasteiger partial charge in [-0.05, 0) is 42.3 Å². The van der Waals surface area contributed by atoms with Crippen molar-refractivity contribution in [3.8, 4) is 11.5 Å². The molecule has 0 radical (unpaired) electrons. The highest BCUT2D eigenvalue weighted by Gasteiger charge is 2.73. The number of hydrogen-bond acceptors (Lipinski definition) is 7. The lowest BCUT2D eigenvalue weighted by Crippen LogP contribution is -2.52. The fourth-order valence-corrected chi connectivity index (χ4v) is 6.30. The van der Waals surface area contributed by atoms with Gasteiger partial charge in [-0.1, -0.05) is 17.7 Å². The number of benzene rings is 2. The number of nitro groups is 1. The van der Waals surface area contributed by atoms with Gasteiger partial charge in [0.2, 0.25) is 6.04 Å². The molecular weight excluding hydrogens is 450 g/mol.